The summed E-state index contributed by atoms with van der Waals surface area (Å²) in [5.41, 5.74) is 0.731. The second-order valence-electron chi connectivity index (χ2n) is 5.87. The second-order valence-corrected chi connectivity index (χ2v) is 5.87. The zero-order valence-corrected chi connectivity index (χ0v) is 13.6. The molecule has 1 heterocycles. The van der Waals surface area contributed by atoms with Gasteiger partial charge < -0.3 is 19.5 Å². The van der Waals surface area contributed by atoms with Gasteiger partial charge in [-0.15, -0.1) is 0 Å². The number of nitrogens with one attached hydrogen (secondary N) is 1. The number of carbonyl (C=O) groups is 1. The van der Waals surface area contributed by atoms with Crippen LogP contribution in [-0.2, 0) is 4.79 Å². The first-order valence-electron chi connectivity index (χ1n) is 8.11. The van der Waals surface area contributed by atoms with Gasteiger partial charge in [0.25, 0.3) is 5.91 Å². The molecular formula is C18H20N2O4. The van der Waals surface area contributed by atoms with E-state index in [2.05, 4.69) is 5.32 Å². The molecule has 1 amide bonds. The quantitative estimate of drug-likeness (QED) is 0.678. The van der Waals surface area contributed by atoms with Crippen LogP contribution in [0.15, 0.2) is 17.7 Å². The highest BCUT2D eigenvalue weighted by Crippen LogP contribution is 2.40. The Bertz CT molecular complexity index is 682. The average molecular weight is 328 g/mol. The van der Waals surface area contributed by atoms with Crippen LogP contribution < -0.4 is 19.5 Å². The van der Waals surface area contributed by atoms with Crippen LogP contribution in [0.3, 0.4) is 0 Å². The van der Waals surface area contributed by atoms with Crippen LogP contribution in [0.1, 0.15) is 31.2 Å². The maximum absolute atomic E-state index is 12.3. The molecule has 0 atom stereocenters. The van der Waals surface area contributed by atoms with Crippen LogP contribution in [0.5, 0.6) is 17.2 Å². The molecule has 0 unspecified atom stereocenters. The molecule has 1 aliphatic carbocycles. The number of fused-ring (bicyclic) bond motifs is 1. The Hall–Kier alpha value is -2.68. The molecule has 0 spiro atoms. The summed E-state index contributed by atoms with van der Waals surface area (Å²) in [5.74, 6) is 1.29. The lowest BCUT2D eigenvalue weighted by atomic mass is 10.1. The number of benzene rings is 1. The van der Waals surface area contributed by atoms with E-state index in [1.165, 1.54) is 0 Å². The van der Waals surface area contributed by atoms with E-state index < -0.39 is 0 Å². The maximum atomic E-state index is 12.3. The summed E-state index contributed by atoms with van der Waals surface area (Å²) < 4.78 is 16.4. The minimum Gasteiger partial charge on any atom is -0.493 e. The van der Waals surface area contributed by atoms with Crippen LogP contribution in [-0.4, -0.2) is 32.3 Å². The van der Waals surface area contributed by atoms with E-state index in [0.29, 0.717) is 36.0 Å². The Labute approximate surface area is 141 Å². The molecule has 6 heteroatoms. The molecule has 2 aliphatic rings. The van der Waals surface area contributed by atoms with Crippen LogP contribution in [0, 0.1) is 11.3 Å². The van der Waals surface area contributed by atoms with Gasteiger partial charge in [-0.1, -0.05) is 12.8 Å². The van der Waals surface area contributed by atoms with E-state index >= 15 is 0 Å². The monoisotopic (exact) mass is 328 g/mol. The van der Waals surface area contributed by atoms with Gasteiger partial charge in [-0.25, -0.2) is 0 Å². The summed E-state index contributed by atoms with van der Waals surface area (Å²) in [4.78, 5) is 12.3. The van der Waals surface area contributed by atoms with Crippen LogP contribution >= 0.6 is 0 Å². The first-order chi connectivity index (χ1) is 11.7. The van der Waals surface area contributed by atoms with Crippen molar-refractivity contribution in [1.82, 2.24) is 5.32 Å². The van der Waals surface area contributed by atoms with Crippen LogP contribution in [0.2, 0.25) is 0 Å². The summed E-state index contributed by atoms with van der Waals surface area (Å²) in [5, 5.41) is 12.3. The van der Waals surface area contributed by atoms with E-state index in [0.717, 1.165) is 25.7 Å². The Kier molecular flexibility index (Phi) is 4.90. The lowest BCUT2D eigenvalue weighted by Gasteiger charge is -2.21. The summed E-state index contributed by atoms with van der Waals surface area (Å²) >= 11 is 0. The van der Waals surface area contributed by atoms with Gasteiger partial charge in [-0.2, -0.15) is 5.26 Å². The van der Waals surface area contributed by atoms with Crippen LogP contribution in [0.4, 0.5) is 0 Å². The highest BCUT2D eigenvalue weighted by atomic mass is 16.6. The third kappa shape index (κ3) is 3.46. The molecule has 1 aromatic rings. The molecule has 1 saturated carbocycles. The Morgan fingerprint density at radius 2 is 2.08 bits per heavy atom. The Morgan fingerprint density at radius 1 is 1.33 bits per heavy atom. The molecule has 0 aromatic heterocycles. The molecule has 0 saturated heterocycles. The van der Waals surface area contributed by atoms with E-state index in [4.69, 9.17) is 14.2 Å². The van der Waals surface area contributed by atoms with Crippen molar-refractivity contribution in [3.63, 3.8) is 0 Å². The maximum Gasteiger partial charge on any atom is 0.262 e. The first kappa shape index (κ1) is 16.2. The highest BCUT2D eigenvalue weighted by molar-refractivity contribution is 6.02. The van der Waals surface area contributed by atoms with Gasteiger partial charge in [0.05, 0.1) is 7.11 Å². The molecule has 1 N–H and O–H groups in total. The third-order valence-corrected chi connectivity index (χ3v) is 4.22. The molecule has 0 radical (unpaired) electrons. The molecule has 24 heavy (non-hydrogen) atoms. The van der Waals surface area contributed by atoms with Crippen molar-refractivity contribution in [2.75, 3.05) is 20.3 Å². The van der Waals surface area contributed by atoms with Gasteiger partial charge in [-0.3, -0.25) is 4.79 Å². The third-order valence-electron chi connectivity index (χ3n) is 4.22. The SMILES string of the molecule is COc1cc(/C=C(\C#N)C(=O)NC2CCCC2)cc2c1OCCO2. The van der Waals surface area contributed by atoms with Crippen molar-refractivity contribution in [2.45, 2.75) is 31.7 Å². The predicted octanol–water partition coefficient (Wildman–Crippen LogP) is 2.43. The molecule has 1 fully saturated rings. The summed E-state index contributed by atoms with van der Waals surface area (Å²) in [7, 11) is 1.54. The molecule has 3 rings (SSSR count). The summed E-state index contributed by atoms with van der Waals surface area (Å²) in [6.45, 7) is 0.919. The first-order valence-corrected chi connectivity index (χ1v) is 8.11. The fraction of sp³-hybridized carbons (Fsp3) is 0.444. The number of nitriles is 1. The van der Waals surface area contributed by atoms with E-state index in [-0.39, 0.29) is 17.5 Å². The number of rotatable bonds is 4. The van der Waals surface area contributed by atoms with Crippen molar-refractivity contribution in [3.05, 3.63) is 23.3 Å². The second kappa shape index (κ2) is 7.26. The number of hydrogen-bond donors (Lipinski definition) is 1. The fourth-order valence-corrected chi connectivity index (χ4v) is 3.03. The van der Waals surface area contributed by atoms with Gasteiger partial charge in [0.1, 0.15) is 24.9 Å². The fourth-order valence-electron chi connectivity index (χ4n) is 3.03. The summed E-state index contributed by atoms with van der Waals surface area (Å²) in [6.07, 6.45) is 5.74. The molecule has 0 bridgehead atoms. The van der Waals surface area contributed by atoms with Crippen molar-refractivity contribution in [3.8, 4) is 23.3 Å². The van der Waals surface area contributed by atoms with Crippen molar-refractivity contribution in [1.29, 1.82) is 5.26 Å². The van der Waals surface area contributed by atoms with Crippen molar-refractivity contribution < 1.29 is 19.0 Å². The number of carbonyl (C=O) groups excluding carboxylic acids is 1. The lowest BCUT2D eigenvalue weighted by molar-refractivity contribution is -0.117. The number of hydrogen-bond acceptors (Lipinski definition) is 5. The normalized spacial score (nSPS) is 17.2. The highest BCUT2D eigenvalue weighted by Gasteiger charge is 2.21. The predicted molar refractivity (Wildman–Crippen MR) is 88.0 cm³/mol. The number of methoxy groups -OCH3 is 1. The molecule has 126 valence electrons. The largest absolute Gasteiger partial charge is 0.493 e. The van der Waals surface area contributed by atoms with Gasteiger partial charge in [0.15, 0.2) is 11.5 Å². The van der Waals surface area contributed by atoms with E-state index in [9.17, 15) is 10.1 Å². The zero-order chi connectivity index (χ0) is 16.9. The lowest BCUT2D eigenvalue weighted by Crippen LogP contribution is -2.33. The smallest absolute Gasteiger partial charge is 0.262 e. The van der Waals surface area contributed by atoms with Crippen LogP contribution in [0.25, 0.3) is 6.08 Å². The van der Waals surface area contributed by atoms with Gasteiger partial charge in [-0.05, 0) is 36.6 Å². The minimum absolute atomic E-state index is 0.0700. The number of ether oxygens (including phenoxy) is 3. The van der Waals surface area contributed by atoms with Crippen molar-refractivity contribution >= 4 is 12.0 Å². The number of amides is 1. The Balaban J connectivity index is 1.85. The molecule has 1 aromatic carbocycles. The number of nitrogens with zero attached hydrogens (tertiary/aromatic N) is 1. The van der Waals surface area contributed by atoms with Crippen molar-refractivity contribution in [2.24, 2.45) is 0 Å². The minimum atomic E-state index is -0.335. The Morgan fingerprint density at radius 3 is 2.79 bits per heavy atom. The molecule has 6 nitrogen and oxygen atoms in total. The summed E-state index contributed by atoms with van der Waals surface area (Å²) in [6, 6.07) is 5.63. The zero-order valence-electron chi connectivity index (χ0n) is 13.6. The van der Waals surface area contributed by atoms with Gasteiger partial charge in [0.2, 0.25) is 5.75 Å². The molecular weight excluding hydrogens is 308 g/mol. The average Bonchev–Trinajstić information content (AvgIpc) is 3.11. The van der Waals surface area contributed by atoms with E-state index in [1.54, 1.807) is 25.3 Å². The molecule has 1 aliphatic heterocycles. The van der Waals surface area contributed by atoms with E-state index in [1.807, 2.05) is 6.07 Å². The van der Waals surface area contributed by atoms with Gasteiger partial charge >= 0.3 is 0 Å². The topological polar surface area (TPSA) is 80.6 Å². The van der Waals surface area contributed by atoms with Gasteiger partial charge in [0, 0.05) is 6.04 Å². The standard InChI is InChI=1S/C18H20N2O4/c1-22-15-9-12(10-16-17(15)24-7-6-23-16)8-13(11-19)18(21)20-14-4-2-3-5-14/h8-10,14H,2-7H2,1H3,(H,20,21)/b13-8+.